The van der Waals surface area contributed by atoms with Crippen LogP contribution in [0.4, 0.5) is 8.78 Å². The third kappa shape index (κ3) is 2.27. The number of nitrogens with zero attached hydrogens (tertiary/aromatic N) is 1. The highest BCUT2D eigenvalue weighted by atomic mass is 19.2. The second-order valence-corrected chi connectivity index (χ2v) is 3.57. The Labute approximate surface area is 96.6 Å². The smallest absolute Gasteiger partial charge is 0.325 e. The average molecular weight is 239 g/mol. The van der Waals surface area contributed by atoms with Crippen molar-refractivity contribution >= 4 is 16.9 Å². The van der Waals surface area contributed by atoms with Crippen molar-refractivity contribution in [2.75, 3.05) is 6.61 Å². The fourth-order valence-corrected chi connectivity index (χ4v) is 1.67. The predicted octanol–water partition coefficient (Wildman–Crippen LogP) is 2.48. The molecule has 0 atom stereocenters. The maximum absolute atomic E-state index is 13.1. The summed E-state index contributed by atoms with van der Waals surface area (Å²) in [6.45, 7) is 1.99. The number of rotatable bonds is 3. The number of hydrogen-bond donors (Lipinski definition) is 0. The molecule has 0 aliphatic carbocycles. The summed E-state index contributed by atoms with van der Waals surface area (Å²) in [5.41, 5.74) is 0.469. The molecule has 0 aliphatic rings. The van der Waals surface area contributed by atoms with Crippen molar-refractivity contribution in [3.8, 4) is 0 Å². The summed E-state index contributed by atoms with van der Waals surface area (Å²) in [4.78, 5) is 11.3. The van der Waals surface area contributed by atoms with Crippen molar-refractivity contribution in [2.24, 2.45) is 0 Å². The van der Waals surface area contributed by atoms with Crippen LogP contribution in [0.3, 0.4) is 0 Å². The Balaban J connectivity index is 2.36. The average Bonchev–Trinajstić information content (AvgIpc) is 2.63. The molecule has 0 N–H and O–H groups in total. The summed E-state index contributed by atoms with van der Waals surface area (Å²) in [6.07, 6.45) is 1.60. The number of carbonyl (C=O) groups is 1. The first-order valence-corrected chi connectivity index (χ1v) is 5.21. The van der Waals surface area contributed by atoms with Gasteiger partial charge in [-0.2, -0.15) is 0 Å². The molecule has 0 spiro atoms. The summed E-state index contributed by atoms with van der Waals surface area (Å²) < 4.78 is 32.4. The molecule has 90 valence electrons. The van der Waals surface area contributed by atoms with Crippen molar-refractivity contribution in [2.45, 2.75) is 13.5 Å². The molecule has 0 unspecified atom stereocenters. The van der Waals surface area contributed by atoms with Crippen molar-refractivity contribution in [3.05, 3.63) is 36.0 Å². The molecule has 3 nitrogen and oxygen atoms in total. The Bertz CT molecular complexity index is 563. The molecule has 1 heterocycles. The Kier molecular flexibility index (Phi) is 3.08. The molecule has 1 aromatic carbocycles. The Hall–Kier alpha value is -1.91. The highest BCUT2D eigenvalue weighted by molar-refractivity contribution is 5.82. The van der Waals surface area contributed by atoms with Gasteiger partial charge in [0.1, 0.15) is 6.54 Å². The quantitative estimate of drug-likeness (QED) is 0.770. The summed E-state index contributed by atoms with van der Waals surface area (Å²) in [5.74, 6) is -2.23. The monoisotopic (exact) mass is 239 g/mol. The molecule has 0 aliphatic heterocycles. The first kappa shape index (κ1) is 11.6. The number of halogens is 2. The summed E-state index contributed by atoms with van der Waals surface area (Å²) in [7, 11) is 0. The van der Waals surface area contributed by atoms with Crippen LogP contribution in [0.5, 0.6) is 0 Å². The summed E-state index contributed by atoms with van der Waals surface area (Å²) >= 11 is 0. The normalized spacial score (nSPS) is 10.8. The van der Waals surface area contributed by atoms with E-state index in [0.717, 1.165) is 12.1 Å². The van der Waals surface area contributed by atoms with Crippen LogP contribution in [0.25, 0.3) is 10.9 Å². The number of benzene rings is 1. The largest absolute Gasteiger partial charge is 0.465 e. The summed E-state index contributed by atoms with van der Waals surface area (Å²) in [6, 6.07) is 3.80. The van der Waals surface area contributed by atoms with E-state index < -0.39 is 17.6 Å². The van der Waals surface area contributed by atoms with E-state index in [1.807, 2.05) is 0 Å². The maximum Gasteiger partial charge on any atom is 0.325 e. The minimum Gasteiger partial charge on any atom is -0.465 e. The minimum atomic E-state index is -0.929. The fraction of sp³-hybridized carbons (Fsp3) is 0.250. The van der Waals surface area contributed by atoms with E-state index in [0.29, 0.717) is 17.5 Å². The number of fused-ring (bicyclic) bond motifs is 1. The highest BCUT2D eigenvalue weighted by Crippen LogP contribution is 2.19. The van der Waals surface area contributed by atoms with E-state index in [-0.39, 0.29) is 6.54 Å². The molecule has 2 aromatic rings. The lowest BCUT2D eigenvalue weighted by Gasteiger charge is -2.05. The van der Waals surface area contributed by atoms with E-state index in [1.165, 1.54) is 4.57 Å². The molecule has 0 radical (unpaired) electrons. The van der Waals surface area contributed by atoms with Gasteiger partial charge < -0.3 is 9.30 Å². The fourth-order valence-electron chi connectivity index (χ4n) is 1.67. The van der Waals surface area contributed by atoms with Gasteiger partial charge in [0.05, 0.1) is 12.1 Å². The molecule has 17 heavy (non-hydrogen) atoms. The Morgan fingerprint density at radius 2 is 2.06 bits per heavy atom. The van der Waals surface area contributed by atoms with Gasteiger partial charge >= 0.3 is 5.97 Å². The molecular formula is C12H11F2NO2. The van der Waals surface area contributed by atoms with Gasteiger partial charge in [0.25, 0.3) is 0 Å². The first-order valence-electron chi connectivity index (χ1n) is 5.21. The van der Waals surface area contributed by atoms with Crippen LogP contribution < -0.4 is 0 Å². The Morgan fingerprint density at radius 1 is 1.35 bits per heavy atom. The molecule has 1 aromatic heterocycles. The molecular weight excluding hydrogens is 228 g/mol. The van der Waals surface area contributed by atoms with Gasteiger partial charge in [-0.1, -0.05) is 0 Å². The zero-order valence-electron chi connectivity index (χ0n) is 9.24. The molecule has 0 amide bonds. The van der Waals surface area contributed by atoms with E-state index >= 15 is 0 Å². The van der Waals surface area contributed by atoms with Gasteiger partial charge in [-0.05, 0) is 19.1 Å². The van der Waals surface area contributed by atoms with Gasteiger partial charge in [-0.15, -0.1) is 0 Å². The molecule has 0 saturated carbocycles. The topological polar surface area (TPSA) is 31.2 Å². The van der Waals surface area contributed by atoms with E-state index in [1.54, 1.807) is 19.2 Å². The highest BCUT2D eigenvalue weighted by Gasteiger charge is 2.10. The molecule has 0 bridgehead atoms. The predicted molar refractivity (Wildman–Crippen MR) is 58.5 cm³/mol. The van der Waals surface area contributed by atoms with Gasteiger partial charge in [0, 0.05) is 17.6 Å². The third-order valence-corrected chi connectivity index (χ3v) is 2.42. The van der Waals surface area contributed by atoms with E-state index in [9.17, 15) is 13.6 Å². The second-order valence-electron chi connectivity index (χ2n) is 3.57. The number of carbonyl (C=O) groups excluding carboxylic acids is 1. The van der Waals surface area contributed by atoms with Crippen molar-refractivity contribution in [1.29, 1.82) is 0 Å². The number of hydrogen-bond acceptors (Lipinski definition) is 2. The molecule has 0 saturated heterocycles. The van der Waals surface area contributed by atoms with Gasteiger partial charge in [-0.3, -0.25) is 4.79 Å². The number of esters is 1. The van der Waals surface area contributed by atoms with Crippen LogP contribution in [0.2, 0.25) is 0 Å². The zero-order valence-corrected chi connectivity index (χ0v) is 9.24. The lowest BCUT2D eigenvalue weighted by molar-refractivity contribution is -0.143. The lowest BCUT2D eigenvalue weighted by Crippen LogP contribution is -2.12. The van der Waals surface area contributed by atoms with Gasteiger partial charge in [-0.25, -0.2) is 8.78 Å². The first-order chi connectivity index (χ1) is 8.11. The molecule has 5 heteroatoms. The van der Waals surface area contributed by atoms with Crippen LogP contribution in [0.15, 0.2) is 24.4 Å². The van der Waals surface area contributed by atoms with Gasteiger partial charge in [0.15, 0.2) is 11.6 Å². The van der Waals surface area contributed by atoms with Crippen LogP contribution in [-0.2, 0) is 16.1 Å². The standard InChI is InChI=1S/C12H11F2NO2/c1-2-17-12(16)7-15-4-3-8-5-9(13)10(14)6-11(8)15/h3-6H,2,7H2,1H3. The number of ether oxygens (including phenoxy) is 1. The van der Waals surface area contributed by atoms with Gasteiger partial charge in [0.2, 0.25) is 0 Å². The van der Waals surface area contributed by atoms with Crippen LogP contribution in [-0.4, -0.2) is 17.1 Å². The van der Waals surface area contributed by atoms with E-state index in [2.05, 4.69) is 0 Å². The lowest BCUT2D eigenvalue weighted by atomic mass is 10.2. The van der Waals surface area contributed by atoms with Crippen molar-refractivity contribution in [3.63, 3.8) is 0 Å². The number of aromatic nitrogens is 1. The molecule has 2 rings (SSSR count). The van der Waals surface area contributed by atoms with Crippen LogP contribution in [0, 0.1) is 11.6 Å². The SMILES string of the molecule is CCOC(=O)Cn1ccc2cc(F)c(F)cc21. The van der Waals surface area contributed by atoms with Crippen LogP contribution >= 0.6 is 0 Å². The van der Waals surface area contributed by atoms with Crippen molar-refractivity contribution < 1.29 is 18.3 Å². The molecule has 0 fully saturated rings. The second kappa shape index (κ2) is 4.53. The third-order valence-electron chi connectivity index (χ3n) is 2.42. The van der Waals surface area contributed by atoms with Crippen LogP contribution in [0.1, 0.15) is 6.92 Å². The van der Waals surface area contributed by atoms with Crippen molar-refractivity contribution in [1.82, 2.24) is 4.57 Å². The summed E-state index contributed by atoms with van der Waals surface area (Å²) in [5, 5.41) is 0.549. The zero-order chi connectivity index (χ0) is 12.4. The minimum absolute atomic E-state index is 0.0115. The Morgan fingerprint density at radius 3 is 2.76 bits per heavy atom. The maximum atomic E-state index is 13.1. The van der Waals surface area contributed by atoms with E-state index in [4.69, 9.17) is 4.74 Å².